The highest BCUT2D eigenvalue weighted by Gasteiger charge is 2.13. The van der Waals surface area contributed by atoms with Crippen molar-refractivity contribution in [2.24, 2.45) is 0 Å². The van der Waals surface area contributed by atoms with E-state index in [2.05, 4.69) is 4.98 Å². The van der Waals surface area contributed by atoms with Crippen LogP contribution in [0.25, 0.3) is 32.8 Å². The van der Waals surface area contributed by atoms with Crippen molar-refractivity contribution in [2.45, 2.75) is 0 Å². The second kappa shape index (κ2) is 3.81. The molecule has 0 bridgehead atoms. The first kappa shape index (κ1) is 11.0. The van der Waals surface area contributed by atoms with Crippen LogP contribution in [0.15, 0.2) is 62.5 Å². The van der Waals surface area contributed by atoms with Crippen LogP contribution in [0.4, 0.5) is 0 Å². The van der Waals surface area contributed by atoms with Gasteiger partial charge in [0.05, 0.1) is 10.9 Å². The molecule has 4 nitrogen and oxygen atoms in total. The van der Waals surface area contributed by atoms with Crippen molar-refractivity contribution in [1.29, 1.82) is 0 Å². The third-order valence-electron chi connectivity index (χ3n) is 3.44. The monoisotopic (exact) mass is 263 g/mol. The zero-order chi connectivity index (χ0) is 13.7. The van der Waals surface area contributed by atoms with Crippen LogP contribution in [0.2, 0.25) is 0 Å². The molecule has 20 heavy (non-hydrogen) atoms. The van der Waals surface area contributed by atoms with Crippen molar-refractivity contribution < 1.29 is 4.42 Å². The van der Waals surface area contributed by atoms with Crippen LogP contribution >= 0.6 is 0 Å². The SMILES string of the molecule is O=c1[nH]c2ccccc2c2oc3ccccc3c(=O)c12. The molecule has 0 fully saturated rings. The number of nitrogens with one attached hydrogen (secondary N) is 1. The Labute approximate surface area is 112 Å². The minimum atomic E-state index is -0.418. The van der Waals surface area contributed by atoms with Gasteiger partial charge in [0.2, 0.25) is 5.43 Å². The zero-order valence-electron chi connectivity index (χ0n) is 10.3. The molecule has 2 aromatic heterocycles. The summed E-state index contributed by atoms with van der Waals surface area (Å²) in [5, 5.41) is 1.22. The van der Waals surface area contributed by atoms with E-state index in [4.69, 9.17) is 4.42 Å². The second-order valence-corrected chi connectivity index (χ2v) is 4.63. The van der Waals surface area contributed by atoms with Crippen LogP contribution in [0.1, 0.15) is 0 Å². The van der Waals surface area contributed by atoms with Crippen molar-refractivity contribution in [2.75, 3.05) is 0 Å². The van der Waals surface area contributed by atoms with Crippen molar-refractivity contribution in [3.63, 3.8) is 0 Å². The Bertz CT molecular complexity index is 1090. The molecule has 4 heteroatoms. The lowest BCUT2D eigenvalue weighted by atomic mass is 10.1. The smallest absolute Gasteiger partial charge is 0.263 e. The minimum absolute atomic E-state index is 0.0717. The number of pyridine rings is 1. The predicted molar refractivity (Wildman–Crippen MR) is 78.1 cm³/mol. The Morgan fingerprint density at radius 1 is 0.850 bits per heavy atom. The summed E-state index contributed by atoms with van der Waals surface area (Å²) in [5.41, 5.74) is 0.768. The number of aromatic amines is 1. The molecule has 0 aliphatic rings. The molecule has 0 unspecified atom stereocenters. The Hall–Kier alpha value is -2.88. The molecule has 0 radical (unpaired) electrons. The van der Waals surface area contributed by atoms with E-state index in [1.165, 1.54) is 0 Å². The summed E-state index contributed by atoms with van der Waals surface area (Å²) < 4.78 is 5.80. The molecule has 4 rings (SSSR count). The maximum Gasteiger partial charge on any atom is 0.263 e. The van der Waals surface area contributed by atoms with Gasteiger partial charge in [0, 0.05) is 5.39 Å². The fourth-order valence-electron chi connectivity index (χ4n) is 2.51. The van der Waals surface area contributed by atoms with E-state index in [9.17, 15) is 9.59 Å². The third-order valence-corrected chi connectivity index (χ3v) is 3.44. The van der Waals surface area contributed by atoms with E-state index < -0.39 is 5.56 Å². The van der Waals surface area contributed by atoms with Crippen molar-refractivity contribution >= 4 is 32.8 Å². The highest BCUT2D eigenvalue weighted by atomic mass is 16.3. The molecular formula is C16H9NO3. The highest BCUT2D eigenvalue weighted by molar-refractivity contribution is 6.04. The average molecular weight is 263 g/mol. The fraction of sp³-hybridized carbons (Fsp3) is 0. The number of aromatic nitrogens is 1. The molecule has 1 N–H and O–H groups in total. The number of H-pyrrole nitrogens is 1. The van der Waals surface area contributed by atoms with Crippen molar-refractivity contribution in [3.8, 4) is 0 Å². The fourth-order valence-corrected chi connectivity index (χ4v) is 2.51. The van der Waals surface area contributed by atoms with Gasteiger partial charge in [0.15, 0.2) is 5.58 Å². The van der Waals surface area contributed by atoms with Crippen LogP contribution in [-0.4, -0.2) is 4.98 Å². The number of hydrogen-bond acceptors (Lipinski definition) is 3. The molecule has 0 aliphatic heterocycles. The first-order valence-electron chi connectivity index (χ1n) is 6.22. The Kier molecular flexibility index (Phi) is 2.09. The quantitative estimate of drug-likeness (QED) is 0.392. The summed E-state index contributed by atoms with van der Waals surface area (Å²) in [6, 6.07) is 14.2. The lowest BCUT2D eigenvalue weighted by molar-refractivity contribution is 0.663. The van der Waals surface area contributed by atoms with Gasteiger partial charge in [0.25, 0.3) is 5.56 Å². The Morgan fingerprint density at radius 3 is 2.40 bits per heavy atom. The van der Waals surface area contributed by atoms with E-state index >= 15 is 0 Å². The lowest BCUT2D eigenvalue weighted by Crippen LogP contribution is -2.16. The maximum atomic E-state index is 12.5. The van der Waals surface area contributed by atoms with Gasteiger partial charge in [-0.2, -0.15) is 0 Å². The molecule has 0 amide bonds. The molecule has 2 heterocycles. The maximum absolute atomic E-state index is 12.5. The zero-order valence-corrected chi connectivity index (χ0v) is 10.3. The summed E-state index contributed by atoms with van der Waals surface area (Å²) in [7, 11) is 0. The number of benzene rings is 2. The van der Waals surface area contributed by atoms with Gasteiger partial charge < -0.3 is 9.40 Å². The van der Waals surface area contributed by atoms with Gasteiger partial charge >= 0.3 is 0 Å². The number of fused-ring (bicyclic) bond motifs is 4. The van der Waals surface area contributed by atoms with Crippen molar-refractivity contribution in [3.05, 3.63) is 69.1 Å². The third kappa shape index (κ3) is 1.36. The minimum Gasteiger partial charge on any atom is -0.455 e. The molecule has 0 atom stereocenters. The van der Waals surface area contributed by atoms with Crippen LogP contribution < -0.4 is 11.0 Å². The van der Waals surface area contributed by atoms with Gasteiger partial charge in [-0.25, -0.2) is 0 Å². The van der Waals surface area contributed by atoms with Gasteiger partial charge in [-0.3, -0.25) is 9.59 Å². The summed E-state index contributed by atoms with van der Waals surface area (Å²) in [5.74, 6) is 0. The lowest BCUT2D eigenvalue weighted by Gasteiger charge is -2.04. The van der Waals surface area contributed by atoms with Gasteiger partial charge in [0.1, 0.15) is 11.0 Å². The summed E-state index contributed by atoms with van der Waals surface area (Å²) in [4.78, 5) is 27.3. The van der Waals surface area contributed by atoms with E-state index in [1.54, 1.807) is 30.3 Å². The largest absolute Gasteiger partial charge is 0.455 e. The Morgan fingerprint density at radius 2 is 1.55 bits per heavy atom. The van der Waals surface area contributed by atoms with E-state index in [-0.39, 0.29) is 10.8 Å². The standard InChI is InChI=1S/C16H9NO3/c18-14-10-6-2-4-8-12(10)20-15-9-5-1-3-7-11(9)17-16(19)13(14)15/h1-8H,(H,17,19). The summed E-state index contributed by atoms with van der Waals surface area (Å²) >= 11 is 0. The van der Waals surface area contributed by atoms with Gasteiger partial charge in [-0.15, -0.1) is 0 Å². The molecule has 0 aliphatic carbocycles. The highest BCUT2D eigenvalue weighted by Crippen LogP contribution is 2.22. The van der Waals surface area contributed by atoms with Gasteiger partial charge in [-0.1, -0.05) is 24.3 Å². The molecule has 0 saturated carbocycles. The number of para-hydroxylation sites is 2. The molecule has 0 spiro atoms. The molecule has 96 valence electrons. The van der Waals surface area contributed by atoms with Gasteiger partial charge in [-0.05, 0) is 24.3 Å². The molecule has 2 aromatic carbocycles. The normalized spacial score (nSPS) is 11.4. The molecule has 4 aromatic rings. The Balaban J connectivity index is 2.43. The summed E-state index contributed by atoms with van der Waals surface area (Å²) in [6.07, 6.45) is 0. The first-order chi connectivity index (χ1) is 9.75. The molecule has 0 saturated heterocycles. The van der Waals surface area contributed by atoms with E-state index in [0.717, 1.165) is 5.39 Å². The predicted octanol–water partition coefficient (Wildman–Crippen LogP) is 2.79. The van der Waals surface area contributed by atoms with Crippen molar-refractivity contribution in [1.82, 2.24) is 4.98 Å². The van der Waals surface area contributed by atoms with Crippen LogP contribution in [0.3, 0.4) is 0 Å². The van der Waals surface area contributed by atoms with Crippen LogP contribution in [0, 0.1) is 0 Å². The topological polar surface area (TPSA) is 63.1 Å². The number of rotatable bonds is 0. The number of hydrogen-bond donors (Lipinski definition) is 1. The van der Waals surface area contributed by atoms with E-state index in [1.807, 2.05) is 18.2 Å². The first-order valence-corrected chi connectivity index (χ1v) is 6.22. The van der Waals surface area contributed by atoms with Crippen LogP contribution in [0.5, 0.6) is 0 Å². The van der Waals surface area contributed by atoms with Crippen LogP contribution in [-0.2, 0) is 0 Å². The average Bonchev–Trinajstić information content (AvgIpc) is 2.47. The second-order valence-electron chi connectivity index (χ2n) is 4.63. The summed E-state index contributed by atoms with van der Waals surface area (Å²) in [6.45, 7) is 0. The molecular weight excluding hydrogens is 254 g/mol. The van der Waals surface area contributed by atoms with E-state index in [0.29, 0.717) is 22.1 Å².